The van der Waals surface area contributed by atoms with Gasteiger partial charge in [-0.05, 0) is 22.8 Å². The van der Waals surface area contributed by atoms with E-state index < -0.39 is 28.9 Å². The van der Waals surface area contributed by atoms with Crippen molar-refractivity contribution in [3.63, 3.8) is 0 Å². The summed E-state index contributed by atoms with van der Waals surface area (Å²) in [5, 5.41) is 29.9. The number of rotatable bonds is 3. The molecule has 2 aliphatic rings. The summed E-state index contributed by atoms with van der Waals surface area (Å²) >= 11 is 0. The zero-order valence-corrected chi connectivity index (χ0v) is 17.1. The van der Waals surface area contributed by atoms with Crippen LogP contribution in [0.4, 0.5) is 8.78 Å². The van der Waals surface area contributed by atoms with Gasteiger partial charge in [-0.3, -0.25) is 4.90 Å². The summed E-state index contributed by atoms with van der Waals surface area (Å²) in [6, 6.07) is 19.4. The molecule has 0 bridgehead atoms. The quantitative estimate of drug-likeness (QED) is 0.801. The van der Waals surface area contributed by atoms with Crippen LogP contribution < -0.4 is 5.73 Å². The molecule has 0 amide bonds. The number of hydrogen-bond acceptors (Lipinski definition) is 5. The number of allylic oxidation sites excluding steroid dienone is 2. The number of hydrogen-bond donors (Lipinski definition) is 1. The molecule has 2 aromatic carbocycles. The molecule has 0 saturated heterocycles. The molecule has 0 saturated carbocycles. The molecule has 0 aromatic heterocycles. The van der Waals surface area contributed by atoms with Crippen LogP contribution in [0.25, 0.3) is 0 Å². The van der Waals surface area contributed by atoms with Crippen LogP contribution in [0.3, 0.4) is 0 Å². The smallest absolute Gasteiger partial charge is 0.191 e. The van der Waals surface area contributed by atoms with Crippen molar-refractivity contribution < 1.29 is 8.78 Å². The van der Waals surface area contributed by atoms with E-state index in [2.05, 4.69) is 4.90 Å². The maximum Gasteiger partial charge on any atom is 0.191 e. The molecule has 1 aliphatic carbocycles. The lowest BCUT2D eigenvalue weighted by Crippen LogP contribution is -2.48. The second-order valence-corrected chi connectivity index (χ2v) is 8.00. The summed E-state index contributed by atoms with van der Waals surface area (Å²) in [5.74, 6) is -3.84. The molecular formula is C25H19F2N5. The Morgan fingerprint density at radius 3 is 2.41 bits per heavy atom. The van der Waals surface area contributed by atoms with Gasteiger partial charge in [0, 0.05) is 31.5 Å². The largest absolute Gasteiger partial charge is 0.399 e. The van der Waals surface area contributed by atoms with E-state index in [1.54, 1.807) is 0 Å². The van der Waals surface area contributed by atoms with E-state index in [4.69, 9.17) is 5.73 Å². The number of benzene rings is 2. The molecule has 4 rings (SSSR count). The minimum Gasteiger partial charge on any atom is -0.399 e. The topological polar surface area (TPSA) is 101 Å². The van der Waals surface area contributed by atoms with E-state index in [-0.39, 0.29) is 16.8 Å². The van der Waals surface area contributed by atoms with Crippen LogP contribution in [0.1, 0.15) is 17.0 Å². The summed E-state index contributed by atoms with van der Waals surface area (Å²) in [5.41, 5.74) is 5.62. The molecule has 7 heteroatoms. The van der Waals surface area contributed by atoms with Gasteiger partial charge in [-0.15, -0.1) is 0 Å². The Bertz CT molecular complexity index is 1230. The molecule has 0 radical (unpaired) electrons. The SMILES string of the molecule is N#CC1=C(N)C(C#N)(C#N)[C@H](c2cccc(F)c2F)[C@@H]2CN(Cc3ccccc3)CC=C12. The van der Waals surface area contributed by atoms with Crippen LogP contribution in [-0.2, 0) is 6.54 Å². The van der Waals surface area contributed by atoms with Crippen LogP contribution in [0.5, 0.6) is 0 Å². The summed E-state index contributed by atoms with van der Waals surface area (Å²) in [6.07, 6.45) is 1.84. The van der Waals surface area contributed by atoms with Crippen LogP contribution in [0, 0.1) is 57.0 Å². The van der Waals surface area contributed by atoms with Crippen LogP contribution in [-0.4, -0.2) is 18.0 Å². The summed E-state index contributed by atoms with van der Waals surface area (Å²) in [4.78, 5) is 2.09. The van der Waals surface area contributed by atoms with E-state index in [1.165, 1.54) is 12.1 Å². The van der Waals surface area contributed by atoms with E-state index in [9.17, 15) is 24.6 Å². The predicted octanol–water partition coefficient (Wildman–Crippen LogP) is 3.89. The van der Waals surface area contributed by atoms with Crippen molar-refractivity contribution in [1.29, 1.82) is 15.8 Å². The maximum absolute atomic E-state index is 15.0. The summed E-state index contributed by atoms with van der Waals surface area (Å²) in [6.45, 7) is 1.46. The molecule has 1 heterocycles. The van der Waals surface area contributed by atoms with Gasteiger partial charge in [0.25, 0.3) is 0 Å². The van der Waals surface area contributed by atoms with Crippen molar-refractivity contribution >= 4 is 0 Å². The van der Waals surface area contributed by atoms with Gasteiger partial charge in [-0.1, -0.05) is 48.5 Å². The van der Waals surface area contributed by atoms with Crippen molar-refractivity contribution in [3.8, 4) is 18.2 Å². The Kier molecular flexibility index (Phi) is 5.49. The third-order valence-electron chi connectivity index (χ3n) is 6.31. The summed E-state index contributed by atoms with van der Waals surface area (Å²) < 4.78 is 29.1. The molecule has 2 atom stereocenters. The standard InChI is InChI=1S/C25H19F2N5/c26-21-8-4-7-18(23(21)27)22-20-13-32(12-16-5-2-1-3-6-16)10-9-17(20)19(11-28)24(31)25(22,14-29)15-30/h1-9,20,22H,10,12-13,31H2/t20-,22-/m1/s1. The number of nitriles is 3. The highest BCUT2D eigenvalue weighted by atomic mass is 19.2. The highest BCUT2D eigenvalue weighted by molar-refractivity contribution is 5.59. The van der Waals surface area contributed by atoms with Gasteiger partial charge in [0.1, 0.15) is 6.07 Å². The lowest BCUT2D eigenvalue weighted by atomic mass is 9.58. The fraction of sp³-hybridized carbons (Fsp3) is 0.240. The van der Waals surface area contributed by atoms with Gasteiger partial charge >= 0.3 is 0 Å². The van der Waals surface area contributed by atoms with E-state index >= 15 is 0 Å². The Morgan fingerprint density at radius 1 is 1.03 bits per heavy atom. The molecular weight excluding hydrogens is 408 g/mol. The zero-order valence-electron chi connectivity index (χ0n) is 17.1. The van der Waals surface area contributed by atoms with Gasteiger partial charge in [0.15, 0.2) is 17.0 Å². The number of nitrogens with two attached hydrogens (primary N) is 1. The molecule has 32 heavy (non-hydrogen) atoms. The van der Waals surface area contributed by atoms with E-state index in [1.807, 2.05) is 54.6 Å². The van der Waals surface area contributed by atoms with Crippen molar-refractivity contribution in [2.24, 2.45) is 17.1 Å². The maximum atomic E-state index is 15.0. The molecule has 2 aromatic rings. The Hall–Kier alpha value is -3.99. The lowest BCUT2D eigenvalue weighted by molar-refractivity contribution is 0.198. The average Bonchev–Trinajstić information content (AvgIpc) is 2.81. The molecule has 158 valence electrons. The van der Waals surface area contributed by atoms with E-state index in [0.717, 1.165) is 11.6 Å². The second-order valence-electron chi connectivity index (χ2n) is 8.00. The lowest BCUT2D eigenvalue weighted by Gasteiger charge is -2.45. The minimum absolute atomic E-state index is 0.0746. The summed E-state index contributed by atoms with van der Waals surface area (Å²) in [7, 11) is 0. The number of halogens is 2. The molecule has 0 unspecified atom stereocenters. The highest BCUT2D eigenvalue weighted by Crippen LogP contribution is 2.54. The first-order valence-corrected chi connectivity index (χ1v) is 10.1. The molecule has 2 N–H and O–H groups in total. The molecule has 0 fully saturated rings. The third-order valence-corrected chi connectivity index (χ3v) is 6.31. The zero-order chi connectivity index (χ0) is 22.9. The average molecular weight is 427 g/mol. The monoisotopic (exact) mass is 427 g/mol. The van der Waals surface area contributed by atoms with Crippen molar-refractivity contribution in [2.75, 3.05) is 13.1 Å². The second kappa shape index (κ2) is 8.27. The first-order valence-electron chi connectivity index (χ1n) is 10.1. The van der Waals surface area contributed by atoms with Gasteiger partial charge in [-0.2, -0.15) is 15.8 Å². The highest BCUT2D eigenvalue weighted by Gasteiger charge is 2.55. The van der Waals surface area contributed by atoms with Crippen molar-refractivity contribution in [2.45, 2.75) is 12.5 Å². The van der Waals surface area contributed by atoms with Crippen LogP contribution in [0.2, 0.25) is 0 Å². The third kappa shape index (κ3) is 3.23. The Morgan fingerprint density at radius 2 is 1.75 bits per heavy atom. The van der Waals surface area contributed by atoms with Crippen molar-refractivity contribution in [1.82, 2.24) is 4.90 Å². The van der Waals surface area contributed by atoms with Crippen molar-refractivity contribution in [3.05, 3.63) is 94.2 Å². The minimum atomic E-state index is -2.00. The van der Waals surface area contributed by atoms with Gasteiger partial charge in [0.05, 0.1) is 23.4 Å². The molecule has 0 spiro atoms. The molecule has 1 aliphatic heterocycles. The first-order chi connectivity index (χ1) is 15.5. The van der Waals surface area contributed by atoms with E-state index in [0.29, 0.717) is 25.2 Å². The Balaban J connectivity index is 1.89. The van der Waals surface area contributed by atoms with Gasteiger partial charge in [0.2, 0.25) is 0 Å². The first kappa shape index (κ1) is 21.2. The van der Waals surface area contributed by atoms with Crippen LogP contribution >= 0.6 is 0 Å². The predicted molar refractivity (Wildman–Crippen MR) is 113 cm³/mol. The fourth-order valence-electron chi connectivity index (χ4n) is 4.81. The fourth-order valence-corrected chi connectivity index (χ4v) is 4.81. The molecule has 5 nitrogen and oxygen atoms in total. The van der Waals surface area contributed by atoms with Crippen LogP contribution in [0.15, 0.2) is 71.5 Å². The number of nitrogens with zero attached hydrogens (tertiary/aromatic N) is 4. The Labute approximate surface area is 184 Å². The normalized spacial score (nSPS) is 22.2. The van der Waals surface area contributed by atoms with Gasteiger partial charge in [-0.25, -0.2) is 8.78 Å². The van der Waals surface area contributed by atoms with Gasteiger partial charge < -0.3 is 5.73 Å². The number of fused-ring (bicyclic) bond motifs is 1.